The van der Waals surface area contributed by atoms with Crippen LogP contribution in [0, 0.1) is 12.8 Å². The van der Waals surface area contributed by atoms with E-state index in [1.54, 1.807) is 18.3 Å². The van der Waals surface area contributed by atoms with E-state index in [-0.39, 0.29) is 17.9 Å². The number of carbonyl (C=O) groups is 1. The molecule has 2 aromatic rings. The standard InChI is InChI=1S/C18H21N3O2/c1-12-4-6-13(7-5-12)17-15(3-2-10-23-17)18(22)21-14-8-9-16(19)20-11-14/h4-9,11,15,17H,2-3,10H2,1H3,(H2,19,20)(H,21,22). The fraction of sp³-hybridized carbons (Fsp3) is 0.333. The van der Waals surface area contributed by atoms with E-state index in [1.165, 1.54) is 5.56 Å². The first-order valence-corrected chi connectivity index (χ1v) is 7.84. The van der Waals surface area contributed by atoms with Crippen molar-refractivity contribution >= 4 is 17.4 Å². The van der Waals surface area contributed by atoms with Gasteiger partial charge in [0, 0.05) is 6.61 Å². The number of pyridine rings is 1. The molecular weight excluding hydrogens is 290 g/mol. The molecule has 23 heavy (non-hydrogen) atoms. The molecule has 120 valence electrons. The van der Waals surface area contributed by atoms with Crippen molar-refractivity contribution in [2.75, 3.05) is 17.7 Å². The lowest BCUT2D eigenvalue weighted by atomic mass is 9.88. The number of rotatable bonds is 3. The number of anilines is 2. The third-order valence-corrected chi connectivity index (χ3v) is 4.12. The number of aryl methyl sites for hydroxylation is 1. The van der Waals surface area contributed by atoms with Gasteiger partial charge in [-0.05, 0) is 37.5 Å². The Labute approximate surface area is 135 Å². The summed E-state index contributed by atoms with van der Waals surface area (Å²) in [6.07, 6.45) is 3.07. The molecule has 1 amide bonds. The number of hydrogen-bond donors (Lipinski definition) is 2. The van der Waals surface area contributed by atoms with Crippen LogP contribution in [0.5, 0.6) is 0 Å². The number of benzene rings is 1. The van der Waals surface area contributed by atoms with Gasteiger partial charge in [-0.1, -0.05) is 29.8 Å². The molecular formula is C18H21N3O2. The third-order valence-electron chi connectivity index (χ3n) is 4.12. The number of hydrogen-bond acceptors (Lipinski definition) is 4. The first-order chi connectivity index (χ1) is 11.1. The summed E-state index contributed by atoms with van der Waals surface area (Å²) in [4.78, 5) is 16.6. The highest BCUT2D eigenvalue weighted by Gasteiger charge is 2.33. The number of nitrogens with one attached hydrogen (secondary N) is 1. The van der Waals surface area contributed by atoms with Crippen LogP contribution in [0.4, 0.5) is 11.5 Å². The summed E-state index contributed by atoms with van der Waals surface area (Å²) in [6, 6.07) is 11.6. The Morgan fingerprint density at radius 3 is 2.74 bits per heavy atom. The van der Waals surface area contributed by atoms with Crippen molar-refractivity contribution in [2.24, 2.45) is 5.92 Å². The van der Waals surface area contributed by atoms with Gasteiger partial charge in [0.25, 0.3) is 0 Å². The van der Waals surface area contributed by atoms with Gasteiger partial charge in [0.15, 0.2) is 0 Å². The molecule has 5 heteroatoms. The molecule has 0 aliphatic carbocycles. The maximum absolute atomic E-state index is 12.7. The number of amides is 1. The van der Waals surface area contributed by atoms with Gasteiger partial charge in [0.05, 0.1) is 23.9 Å². The molecule has 3 rings (SSSR count). The van der Waals surface area contributed by atoms with E-state index in [9.17, 15) is 4.79 Å². The van der Waals surface area contributed by atoms with E-state index in [2.05, 4.69) is 10.3 Å². The van der Waals surface area contributed by atoms with Crippen molar-refractivity contribution < 1.29 is 9.53 Å². The molecule has 3 N–H and O–H groups in total. The summed E-state index contributed by atoms with van der Waals surface area (Å²) < 4.78 is 5.90. The van der Waals surface area contributed by atoms with Gasteiger partial charge in [-0.3, -0.25) is 4.79 Å². The SMILES string of the molecule is Cc1ccc(C2OCCCC2C(=O)Nc2ccc(N)nc2)cc1. The van der Waals surface area contributed by atoms with Crippen LogP contribution < -0.4 is 11.1 Å². The molecule has 0 saturated carbocycles. The lowest BCUT2D eigenvalue weighted by Gasteiger charge is -2.31. The number of aromatic nitrogens is 1. The quantitative estimate of drug-likeness (QED) is 0.913. The molecule has 2 atom stereocenters. The van der Waals surface area contributed by atoms with Crippen molar-refractivity contribution in [1.82, 2.24) is 4.98 Å². The molecule has 2 heterocycles. The molecule has 1 aromatic carbocycles. The van der Waals surface area contributed by atoms with Crippen molar-refractivity contribution in [1.29, 1.82) is 0 Å². The molecule has 0 bridgehead atoms. The number of nitrogens with two attached hydrogens (primary N) is 1. The molecule has 2 unspecified atom stereocenters. The van der Waals surface area contributed by atoms with Gasteiger partial charge in [0.1, 0.15) is 5.82 Å². The van der Waals surface area contributed by atoms with E-state index in [4.69, 9.17) is 10.5 Å². The normalized spacial score (nSPS) is 20.9. The number of nitrogens with zero attached hydrogens (tertiary/aromatic N) is 1. The van der Waals surface area contributed by atoms with Crippen LogP contribution in [0.15, 0.2) is 42.6 Å². The van der Waals surface area contributed by atoms with Crippen LogP contribution in [0.2, 0.25) is 0 Å². The van der Waals surface area contributed by atoms with Crippen molar-refractivity contribution in [3.05, 3.63) is 53.7 Å². The van der Waals surface area contributed by atoms with Crippen molar-refractivity contribution in [3.8, 4) is 0 Å². The Bertz CT molecular complexity index is 668. The smallest absolute Gasteiger partial charge is 0.230 e. The minimum atomic E-state index is -0.205. The van der Waals surface area contributed by atoms with E-state index in [0.717, 1.165) is 18.4 Å². The maximum atomic E-state index is 12.7. The zero-order valence-electron chi connectivity index (χ0n) is 13.2. The molecule has 1 aliphatic heterocycles. The minimum Gasteiger partial charge on any atom is -0.384 e. The monoisotopic (exact) mass is 311 g/mol. The Kier molecular flexibility index (Phi) is 4.57. The Balaban J connectivity index is 1.76. The predicted octanol–water partition coefficient (Wildman–Crippen LogP) is 3.08. The van der Waals surface area contributed by atoms with Crippen molar-refractivity contribution in [3.63, 3.8) is 0 Å². The van der Waals surface area contributed by atoms with Gasteiger partial charge in [-0.2, -0.15) is 0 Å². The molecule has 5 nitrogen and oxygen atoms in total. The zero-order chi connectivity index (χ0) is 16.2. The summed E-state index contributed by atoms with van der Waals surface area (Å²) in [5.41, 5.74) is 8.46. The summed E-state index contributed by atoms with van der Waals surface area (Å²) in [5.74, 6) is 0.187. The summed E-state index contributed by atoms with van der Waals surface area (Å²) >= 11 is 0. The van der Waals surface area contributed by atoms with E-state index < -0.39 is 0 Å². The van der Waals surface area contributed by atoms with E-state index in [1.807, 2.05) is 31.2 Å². The average molecular weight is 311 g/mol. The van der Waals surface area contributed by atoms with E-state index >= 15 is 0 Å². The first-order valence-electron chi connectivity index (χ1n) is 7.84. The Morgan fingerprint density at radius 2 is 2.04 bits per heavy atom. The second-order valence-corrected chi connectivity index (χ2v) is 5.91. The molecule has 1 aliphatic rings. The van der Waals surface area contributed by atoms with Crippen molar-refractivity contribution in [2.45, 2.75) is 25.9 Å². The fourth-order valence-electron chi connectivity index (χ4n) is 2.85. The van der Waals surface area contributed by atoms with Crippen LogP contribution >= 0.6 is 0 Å². The summed E-state index contributed by atoms with van der Waals surface area (Å²) in [7, 11) is 0. The molecule has 0 radical (unpaired) electrons. The average Bonchev–Trinajstić information content (AvgIpc) is 2.58. The van der Waals surface area contributed by atoms with Gasteiger partial charge in [0.2, 0.25) is 5.91 Å². The van der Waals surface area contributed by atoms with Crippen LogP contribution in [0.25, 0.3) is 0 Å². The topological polar surface area (TPSA) is 77.2 Å². The molecule has 1 saturated heterocycles. The van der Waals surface area contributed by atoms with Crippen LogP contribution in [0.3, 0.4) is 0 Å². The van der Waals surface area contributed by atoms with E-state index in [0.29, 0.717) is 18.1 Å². The lowest BCUT2D eigenvalue weighted by molar-refractivity contribution is -0.129. The second-order valence-electron chi connectivity index (χ2n) is 5.91. The lowest BCUT2D eigenvalue weighted by Crippen LogP contribution is -2.33. The van der Waals surface area contributed by atoms with Crippen LogP contribution in [-0.2, 0) is 9.53 Å². The minimum absolute atomic E-state index is 0.0400. The zero-order valence-corrected chi connectivity index (χ0v) is 13.2. The Hall–Kier alpha value is -2.40. The predicted molar refractivity (Wildman–Crippen MR) is 89.9 cm³/mol. The highest BCUT2D eigenvalue weighted by atomic mass is 16.5. The number of ether oxygens (including phenoxy) is 1. The highest BCUT2D eigenvalue weighted by molar-refractivity contribution is 5.93. The Morgan fingerprint density at radius 1 is 1.26 bits per heavy atom. The summed E-state index contributed by atoms with van der Waals surface area (Å²) in [6.45, 7) is 2.73. The summed E-state index contributed by atoms with van der Waals surface area (Å²) in [5, 5.41) is 2.91. The number of carbonyl (C=O) groups excluding carboxylic acids is 1. The second kappa shape index (κ2) is 6.79. The molecule has 1 aromatic heterocycles. The van der Waals surface area contributed by atoms with Gasteiger partial charge >= 0.3 is 0 Å². The first kappa shape index (κ1) is 15.5. The fourth-order valence-corrected chi connectivity index (χ4v) is 2.85. The largest absolute Gasteiger partial charge is 0.384 e. The van der Waals surface area contributed by atoms with Crippen LogP contribution in [-0.4, -0.2) is 17.5 Å². The maximum Gasteiger partial charge on any atom is 0.230 e. The molecule has 0 spiro atoms. The highest BCUT2D eigenvalue weighted by Crippen LogP contribution is 2.34. The number of nitrogen functional groups attached to an aromatic ring is 1. The van der Waals surface area contributed by atoms with Crippen LogP contribution in [0.1, 0.15) is 30.1 Å². The van der Waals surface area contributed by atoms with Gasteiger partial charge in [-0.25, -0.2) is 4.98 Å². The van der Waals surface area contributed by atoms with Gasteiger partial charge < -0.3 is 15.8 Å². The molecule has 1 fully saturated rings. The third kappa shape index (κ3) is 3.68. The van der Waals surface area contributed by atoms with Gasteiger partial charge in [-0.15, -0.1) is 0 Å².